The Balaban J connectivity index is 2.45. The van der Waals surface area contributed by atoms with Crippen LogP contribution in [0.1, 0.15) is 32.4 Å². The summed E-state index contributed by atoms with van der Waals surface area (Å²) in [6, 6.07) is 2.01. The van der Waals surface area contributed by atoms with Crippen LogP contribution in [0.2, 0.25) is 0 Å². The maximum absolute atomic E-state index is 6.04. The molecule has 1 aromatic rings. The molecule has 1 rings (SSSR count). The molecule has 0 saturated heterocycles. The number of nitrogens with zero attached hydrogens (tertiary/aromatic N) is 2. The molecule has 0 radical (unpaired) electrons. The van der Waals surface area contributed by atoms with E-state index in [4.69, 9.17) is 10.5 Å². The maximum Gasteiger partial charge on any atom is 0.216 e. The lowest BCUT2D eigenvalue weighted by Crippen LogP contribution is -2.23. The van der Waals surface area contributed by atoms with Gasteiger partial charge in [-0.15, -0.1) is 0 Å². The molecular formula is C12H21N3O. The molecule has 4 heteroatoms. The van der Waals surface area contributed by atoms with Gasteiger partial charge in [0.15, 0.2) is 0 Å². The van der Waals surface area contributed by atoms with Gasteiger partial charge in [-0.25, -0.2) is 9.97 Å². The quantitative estimate of drug-likeness (QED) is 0.798. The summed E-state index contributed by atoms with van der Waals surface area (Å²) in [5.41, 5.74) is 6.99. The van der Waals surface area contributed by atoms with Crippen LogP contribution in [0.4, 0.5) is 0 Å². The molecule has 2 N–H and O–H groups in total. The molecule has 1 aromatic heterocycles. The van der Waals surface area contributed by atoms with Crippen LogP contribution in [0.3, 0.4) is 0 Å². The summed E-state index contributed by atoms with van der Waals surface area (Å²) in [6.07, 6.45) is 4.49. The summed E-state index contributed by atoms with van der Waals surface area (Å²) in [6.45, 7) is 4.42. The van der Waals surface area contributed by atoms with Gasteiger partial charge in [-0.2, -0.15) is 0 Å². The highest BCUT2D eigenvalue weighted by atomic mass is 16.5. The number of methoxy groups -OCH3 is 1. The molecule has 4 nitrogen and oxygen atoms in total. The van der Waals surface area contributed by atoms with Gasteiger partial charge in [-0.05, 0) is 18.8 Å². The van der Waals surface area contributed by atoms with Gasteiger partial charge in [0, 0.05) is 24.2 Å². The molecule has 1 heterocycles. The highest BCUT2D eigenvalue weighted by molar-refractivity contribution is 5.14. The average molecular weight is 223 g/mol. The lowest BCUT2D eigenvalue weighted by atomic mass is 10.0. The molecule has 0 aliphatic heterocycles. The van der Waals surface area contributed by atoms with Crippen molar-refractivity contribution in [1.29, 1.82) is 0 Å². The molecule has 16 heavy (non-hydrogen) atoms. The van der Waals surface area contributed by atoms with E-state index in [1.54, 1.807) is 7.11 Å². The molecule has 0 aliphatic carbocycles. The summed E-state index contributed by atoms with van der Waals surface area (Å²) >= 11 is 0. The fourth-order valence-corrected chi connectivity index (χ4v) is 1.52. The third-order valence-corrected chi connectivity index (χ3v) is 2.49. The van der Waals surface area contributed by atoms with Crippen LogP contribution >= 0.6 is 0 Å². The summed E-state index contributed by atoms with van der Waals surface area (Å²) in [5, 5.41) is 0. The van der Waals surface area contributed by atoms with Crippen LogP contribution < -0.4 is 10.5 Å². The second-order valence-electron chi connectivity index (χ2n) is 4.49. The van der Waals surface area contributed by atoms with Gasteiger partial charge in [-0.3, -0.25) is 0 Å². The van der Waals surface area contributed by atoms with E-state index in [0.717, 1.165) is 25.0 Å². The molecule has 1 atom stereocenters. The first-order valence-electron chi connectivity index (χ1n) is 5.72. The number of ether oxygens (including phenoxy) is 1. The summed E-state index contributed by atoms with van der Waals surface area (Å²) in [5.74, 6) is 1.30. The standard InChI is InChI=1S/C12H21N3O/c1-9(2)4-5-10(13)6-11-7-12(16-3)15-8-14-11/h7-10H,4-6,13H2,1-3H3. The predicted octanol–water partition coefficient (Wildman–Crippen LogP) is 1.79. The van der Waals surface area contributed by atoms with E-state index in [2.05, 4.69) is 23.8 Å². The first-order chi connectivity index (χ1) is 7.61. The predicted molar refractivity (Wildman–Crippen MR) is 64.3 cm³/mol. The van der Waals surface area contributed by atoms with Crippen molar-refractivity contribution in [2.75, 3.05) is 7.11 Å². The van der Waals surface area contributed by atoms with Gasteiger partial charge >= 0.3 is 0 Å². The summed E-state index contributed by atoms with van der Waals surface area (Å²) in [4.78, 5) is 8.15. The molecule has 1 unspecified atom stereocenters. The van der Waals surface area contributed by atoms with Crippen molar-refractivity contribution in [1.82, 2.24) is 9.97 Å². The van der Waals surface area contributed by atoms with E-state index in [0.29, 0.717) is 11.8 Å². The molecule has 0 bridgehead atoms. The molecule has 0 spiro atoms. The molecule has 0 fully saturated rings. The Morgan fingerprint density at radius 3 is 2.69 bits per heavy atom. The van der Waals surface area contributed by atoms with Gasteiger partial charge < -0.3 is 10.5 Å². The van der Waals surface area contributed by atoms with Gasteiger partial charge in [0.05, 0.1) is 7.11 Å². The van der Waals surface area contributed by atoms with E-state index < -0.39 is 0 Å². The van der Waals surface area contributed by atoms with Crippen LogP contribution in [0.25, 0.3) is 0 Å². The Labute approximate surface area is 97.2 Å². The SMILES string of the molecule is COc1cc(CC(N)CCC(C)C)ncn1. The highest BCUT2D eigenvalue weighted by Crippen LogP contribution is 2.11. The third kappa shape index (κ3) is 4.57. The minimum Gasteiger partial charge on any atom is -0.481 e. The van der Waals surface area contributed by atoms with Crippen LogP contribution in [-0.2, 0) is 6.42 Å². The minimum absolute atomic E-state index is 0.169. The maximum atomic E-state index is 6.04. The largest absolute Gasteiger partial charge is 0.481 e. The van der Waals surface area contributed by atoms with Crippen molar-refractivity contribution in [3.8, 4) is 5.88 Å². The summed E-state index contributed by atoms with van der Waals surface area (Å²) in [7, 11) is 1.60. The third-order valence-electron chi connectivity index (χ3n) is 2.49. The highest BCUT2D eigenvalue weighted by Gasteiger charge is 2.07. The zero-order valence-corrected chi connectivity index (χ0v) is 10.3. The van der Waals surface area contributed by atoms with Crippen molar-refractivity contribution in [3.63, 3.8) is 0 Å². The Morgan fingerprint density at radius 1 is 1.31 bits per heavy atom. The monoisotopic (exact) mass is 223 g/mol. The number of hydrogen-bond acceptors (Lipinski definition) is 4. The van der Waals surface area contributed by atoms with Crippen LogP contribution in [0.5, 0.6) is 5.88 Å². The van der Waals surface area contributed by atoms with Crippen molar-refractivity contribution in [2.45, 2.75) is 39.2 Å². The Morgan fingerprint density at radius 2 is 2.06 bits per heavy atom. The second kappa shape index (κ2) is 6.43. The van der Waals surface area contributed by atoms with Gasteiger partial charge in [0.25, 0.3) is 0 Å². The Bertz CT molecular complexity index is 315. The number of rotatable bonds is 6. The number of nitrogens with two attached hydrogens (primary N) is 1. The fourth-order valence-electron chi connectivity index (χ4n) is 1.52. The van der Waals surface area contributed by atoms with Crippen molar-refractivity contribution >= 4 is 0 Å². The first kappa shape index (κ1) is 12.9. The van der Waals surface area contributed by atoms with Crippen LogP contribution in [0.15, 0.2) is 12.4 Å². The zero-order valence-electron chi connectivity index (χ0n) is 10.3. The Kier molecular flexibility index (Phi) is 5.19. The zero-order chi connectivity index (χ0) is 12.0. The van der Waals surface area contributed by atoms with E-state index in [1.807, 2.05) is 6.07 Å². The van der Waals surface area contributed by atoms with E-state index in [1.165, 1.54) is 6.33 Å². The van der Waals surface area contributed by atoms with E-state index in [9.17, 15) is 0 Å². The van der Waals surface area contributed by atoms with Crippen molar-refractivity contribution < 1.29 is 4.74 Å². The summed E-state index contributed by atoms with van der Waals surface area (Å²) < 4.78 is 5.04. The van der Waals surface area contributed by atoms with Crippen LogP contribution in [0, 0.1) is 5.92 Å². The lowest BCUT2D eigenvalue weighted by molar-refractivity contribution is 0.395. The second-order valence-corrected chi connectivity index (χ2v) is 4.49. The minimum atomic E-state index is 0.169. The lowest BCUT2D eigenvalue weighted by Gasteiger charge is -2.12. The molecule has 0 amide bonds. The normalized spacial score (nSPS) is 12.8. The molecule has 0 saturated carbocycles. The number of aromatic nitrogens is 2. The fraction of sp³-hybridized carbons (Fsp3) is 0.667. The van der Waals surface area contributed by atoms with Gasteiger partial charge in [-0.1, -0.05) is 13.8 Å². The van der Waals surface area contributed by atoms with Gasteiger partial charge in [0.1, 0.15) is 6.33 Å². The smallest absolute Gasteiger partial charge is 0.216 e. The molecule has 0 aliphatic rings. The topological polar surface area (TPSA) is 61.0 Å². The van der Waals surface area contributed by atoms with Crippen molar-refractivity contribution in [3.05, 3.63) is 18.1 Å². The first-order valence-corrected chi connectivity index (χ1v) is 5.72. The number of hydrogen-bond donors (Lipinski definition) is 1. The molecule has 90 valence electrons. The van der Waals surface area contributed by atoms with Crippen LogP contribution in [-0.4, -0.2) is 23.1 Å². The van der Waals surface area contributed by atoms with Gasteiger partial charge in [0.2, 0.25) is 5.88 Å². The van der Waals surface area contributed by atoms with E-state index in [-0.39, 0.29) is 6.04 Å². The average Bonchev–Trinajstić information content (AvgIpc) is 2.26. The molecule has 0 aromatic carbocycles. The molecular weight excluding hydrogens is 202 g/mol. The van der Waals surface area contributed by atoms with Crippen molar-refractivity contribution in [2.24, 2.45) is 11.7 Å². The van der Waals surface area contributed by atoms with E-state index >= 15 is 0 Å². The Hall–Kier alpha value is -1.16.